The van der Waals surface area contributed by atoms with Crippen molar-refractivity contribution >= 4 is 18.0 Å². The molecule has 1 amide bonds. The number of amides is 1. The molecule has 4 rings (SSSR count). The van der Waals surface area contributed by atoms with Crippen LogP contribution in [-0.4, -0.2) is 71.0 Å². The minimum atomic E-state index is -1.07. The summed E-state index contributed by atoms with van der Waals surface area (Å²) in [6.45, 7) is 5.79. The number of benzene rings is 2. The number of carboxylic acids is 1. The molecule has 0 unspecified atom stereocenters. The van der Waals surface area contributed by atoms with Crippen LogP contribution in [0.5, 0.6) is 0 Å². The van der Waals surface area contributed by atoms with Crippen LogP contribution in [0, 0.1) is 0 Å². The van der Waals surface area contributed by atoms with Gasteiger partial charge in [-0.15, -0.1) is 0 Å². The lowest BCUT2D eigenvalue weighted by molar-refractivity contribution is -0.116. The van der Waals surface area contributed by atoms with Crippen LogP contribution in [-0.2, 0) is 4.79 Å². The van der Waals surface area contributed by atoms with Crippen LogP contribution in [0.1, 0.15) is 46.1 Å². The van der Waals surface area contributed by atoms with Gasteiger partial charge >= 0.3 is 5.97 Å². The molecule has 1 fully saturated rings. The van der Waals surface area contributed by atoms with E-state index in [1.54, 1.807) is 12.1 Å². The Balaban J connectivity index is 1.16. The average molecular weight is 499 g/mol. The van der Waals surface area contributed by atoms with Gasteiger partial charge in [0, 0.05) is 45.0 Å². The van der Waals surface area contributed by atoms with Crippen LogP contribution in [0.25, 0.3) is 6.08 Å². The zero-order valence-electron chi connectivity index (χ0n) is 21.0. The fourth-order valence-electron chi connectivity index (χ4n) is 4.66. The summed E-state index contributed by atoms with van der Waals surface area (Å²) >= 11 is 0. The Morgan fingerprint density at radius 1 is 0.892 bits per heavy atom. The molecule has 0 bridgehead atoms. The summed E-state index contributed by atoms with van der Waals surface area (Å²) in [5, 5.41) is 11.8. The van der Waals surface area contributed by atoms with E-state index in [9.17, 15) is 9.59 Å². The highest BCUT2D eigenvalue weighted by atomic mass is 16.4. The number of rotatable bonds is 11. The highest BCUT2D eigenvalue weighted by Crippen LogP contribution is 2.29. The van der Waals surface area contributed by atoms with Crippen molar-refractivity contribution in [2.75, 3.05) is 39.3 Å². The minimum absolute atomic E-state index is 0.0183. The maximum atomic E-state index is 12.1. The smallest absolute Gasteiger partial charge is 0.354 e. The Bertz CT molecular complexity index is 1120. The first kappa shape index (κ1) is 26.3. The molecule has 0 radical (unpaired) electrons. The lowest BCUT2D eigenvalue weighted by atomic mass is 9.96. The first-order valence-corrected chi connectivity index (χ1v) is 12.8. The third kappa shape index (κ3) is 7.84. The molecular weight excluding hydrogens is 464 g/mol. The molecule has 2 heterocycles. The van der Waals surface area contributed by atoms with Crippen molar-refractivity contribution in [3.8, 4) is 0 Å². The molecular formula is C30H34N4O3. The maximum absolute atomic E-state index is 12.1. The number of nitrogens with one attached hydrogen (secondary N) is 1. The summed E-state index contributed by atoms with van der Waals surface area (Å²) in [6.07, 6.45) is 6.48. The van der Waals surface area contributed by atoms with E-state index < -0.39 is 5.97 Å². The molecule has 7 nitrogen and oxygen atoms in total. The lowest BCUT2D eigenvalue weighted by Crippen LogP contribution is -2.48. The van der Waals surface area contributed by atoms with Gasteiger partial charge in [0.05, 0.1) is 6.04 Å². The van der Waals surface area contributed by atoms with Crippen molar-refractivity contribution in [3.05, 3.63) is 107 Å². The van der Waals surface area contributed by atoms with E-state index in [-0.39, 0.29) is 17.6 Å². The molecule has 0 atom stereocenters. The number of pyridine rings is 1. The highest BCUT2D eigenvalue weighted by Gasteiger charge is 2.26. The zero-order chi connectivity index (χ0) is 25.9. The van der Waals surface area contributed by atoms with Gasteiger partial charge in [0.25, 0.3) is 0 Å². The van der Waals surface area contributed by atoms with Gasteiger partial charge in [-0.05, 0) is 48.2 Å². The third-order valence-electron chi connectivity index (χ3n) is 6.64. The average Bonchev–Trinajstić information content (AvgIpc) is 2.94. The Morgan fingerprint density at radius 3 is 2.11 bits per heavy atom. The molecule has 0 spiro atoms. The van der Waals surface area contributed by atoms with Crippen LogP contribution in [0.3, 0.4) is 0 Å². The molecule has 2 aromatic carbocycles. The highest BCUT2D eigenvalue weighted by molar-refractivity contribution is 5.91. The van der Waals surface area contributed by atoms with E-state index in [1.807, 2.05) is 0 Å². The Labute approximate surface area is 218 Å². The molecule has 1 saturated heterocycles. The number of carboxylic acid groups (broad SMARTS) is 1. The molecule has 7 heteroatoms. The quantitative estimate of drug-likeness (QED) is 0.306. The monoisotopic (exact) mass is 498 g/mol. The second kappa shape index (κ2) is 13.5. The van der Waals surface area contributed by atoms with Crippen LogP contribution >= 0.6 is 0 Å². The first-order valence-electron chi connectivity index (χ1n) is 12.8. The number of hydrogen-bond donors (Lipinski definition) is 2. The molecule has 37 heavy (non-hydrogen) atoms. The fourth-order valence-corrected chi connectivity index (χ4v) is 4.66. The molecule has 1 aliphatic rings. The van der Waals surface area contributed by atoms with E-state index in [0.29, 0.717) is 12.1 Å². The summed E-state index contributed by atoms with van der Waals surface area (Å²) in [5.74, 6) is -1.23. The van der Waals surface area contributed by atoms with E-state index in [2.05, 4.69) is 80.8 Å². The van der Waals surface area contributed by atoms with Crippen LogP contribution in [0.4, 0.5) is 0 Å². The number of aromatic carboxylic acids is 1. The minimum Gasteiger partial charge on any atom is -0.477 e. The SMILES string of the molecule is O=C(/C=C\c1ccc(C(=O)O)nc1)NCCCCN1CCN(C(c2ccccc2)c2ccccc2)CC1. The normalized spacial score (nSPS) is 14.7. The van der Waals surface area contributed by atoms with Crippen molar-refractivity contribution < 1.29 is 14.7 Å². The van der Waals surface area contributed by atoms with E-state index in [1.165, 1.54) is 29.5 Å². The molecule has 0 saturated carbocycles. The topological polar surface area (TPSA) is 85.8 Å². The van der Waals surface area contributed by atoms with Gasteiger partial charge in [-0.1, -0.05) is 66.7 Å². The summed E-state index contributed by atoms with van der Waals surface area (Å²) < 4.78 is 0. The largest absolute Gasteiger partial charge is 0.477 e. The van der Waals surface area contributed by atoms with Gasteiger partial charge in [-0.25, -0.2) is 9.78 Å². The number of carbonyl (C=O) groups is 2. The van der Waals surface area contributed by atoms with E-state index in [0.717, 1.165) is 45.6 Å². The Kier molecular flexibility index (Phi) is 9.57. The fraction of sp³-hybridized carbons (Fsp3) is 0.300. The van der Waals surface area contributed by atoms with Gasteiger partial charge in [-0.2, -0.15) is 0 Å². The van der Waals surface area contributed by atoms with Crippen LogP contribution in [0.2, 0.25) is 0 Å². The van der Waals surface area contributed by atoms with Crippen molar-refractivity contribution in [1.82, 2.24) is 20.1 Å². The molecule has 1 aliphatic heterocycles. The van der Waals surface area contributed by atoms with Gasteiger partial charge < -0.3 is 15.3 Å². The number of carbonyl (C=O) groups excluding carboxylic acids is 1. The summed E-state index contributed by atoms with van der Waals surface area (Å²) in [7, 11) is 0. The van der Waals surface area contributed by atoms with Crippen molar-refractivity contribution in [2.24, 2.45) is 0 Å². The van der Waals surface area contributed by atoms with Gasteiger partial charge in [0.1, 0.15) is 5.69 Å². The predicted octanol–water partition coefficient (Wildman–Crippen LogP) is 4.10. The van der Waals surface area contributed by atoms with Crippen molar-refractivity contribution in [3.63, 3.8) is 0 Å². The van der Waals surface area contributed by atoms with Crippen LogP contribution < -0.4 is 5.32 Å². The zero-order valence-corrected chi connectivity index (χ0v) is 21.0. The maximum Gasteiger partial charge on any atom is 0.354 e. The summed E-state index contributed by atoms with van der Waals surface area (Å²) in [5.41, 5.74) is 3.33. The van der Waals surface area contributed by atoms with E-state index in [4.69, 9.17) is 5.11 Å². The number of hydrogen-bond acceptors (Lipinski definition) is 5. The molecule has 0 aliphatic carbocycles. The van der Waals surface area contributed by atoms with Crippen molar-refractivity contribution in [1.29, 1.82) is 0 Å². The number of piperazine rings is 1. The molecule has 192 valence electrons. The number of aromatic nitrogens is 1. The first-order chi connectivity index (χ1) is 18.1. The molecule has 3 aromatic rings. The van der Waals surface area contributed by atoms with Crippen LogP contribution in [0.15, 0.2) is 85.1 Å². The van der Waals surface area contributed by atoms with E-state index >= 15 is 0 Å². The third-order valence-corrected chi connectivity index (χ3v) is 6.64. The van der Waals surface area contributed by atoms with Gasteiger partial charge in [-0.3, -0.25) is 9.69 Å². The van der Waals surface area contributed by atoms with Crippen molar-refractivity contribution in [2.45, 2.75) is 18.9 Å². The second-order valence-electron chi connectivity index (χ2n) is 9.21. The lowest BCUT2D eigenvalue weighted by Gasteiger charge is -2.39. The summed E-state index contributed by atoms with van der Waals surface area (Å²) in [6, 6.07) is 24.8. The number of nitrogens with zero attached hydrogens (tertiary/aromatic N) is 3. The Morgan fingerprint density at radius 2 is 1.54 bits per heavy atom. The second-order valence-corrected chi connectivity index (χ2v) is 9.21. The molecule has 1 aromatic heterocycles. The standard InChI is InChI=1S/C30H34N4O3/c35-28(16-14-24-13-15-27(30(36)37)32-23-24)31-17-7-8-18-33-19-21-34(22-20-33)29(25-9-3-1-4-10-25)26-11-5-2-6-12-26/h1-6,9-16,23,29H,7-8,17-22H2,(H,31,35)(H,36,37)/b16-14-. The van der Waals surface area contributed by atoms with Gasteiger partial charge in [0.2, 0.25) is 5.91 Å². The Hall–Kier alpha value is -3.81. The summed E-state index contributed by atoms with van der Waals surface area (Å²) in [4.78, 5) is 31.8. The predicted molar refractivity (Wildman–Crippen MR) is 145 cm³/mol. The van der Waals surface area contributed by atoms with Gasteiger partial charge in [0.15, 0.2) is 0 Å². The molecule has 2 N–H and O–H groups in total. The number of unbranched alkanes of at least 4 members (excludes halogenated alkanes) is 1.